The molecule has 4 rings (SSSR count). The monoisotopic (exact) mass is 506 g/mol. The average molecular weight is 507 g/mol. The molecule has 0 amide bonds. The Balaban J connectivity index is 1.78. The molecule has 3 aromatic rings. The summed E-state index contributed by atoms with van der Waals surface area (Å²) in [5, 5.41) is 0.705. The Morgan fingerprint density at radius 2 is 1.59 bits per heavy atom. The Bertz CT molecular complexity index is 1360. The largest absolute Gasteiger partial charge is 0.493 e. The molecule has 1 unspecified atom stereocenters. The quantitative estimate of drug-likeness (QED) is 0.279. The number of alkyl halides is 1. The second-order valence-electron chi connectivity index (χ2n) is 8.35. The topological polar surface area (TPSA) is 80.3 Å². The molecular formula is C29H27FO7. The smallest absolute Gasteiger partial charge is 0.353 e. The van der Waals surface area contributed by atoms with Crippen LogP contribution < -0.4 is 23.7 Å². The van der Waals surface area contributed by atoms with E-state index in [1.54, 1.807) is 30.4 Å². The highest BCUT2D eigenvalue weighted by atomic mass is 19.1. The highest BCUT2D eigenvalue weighted by molar-refractivity contribution is 6.02. The second-order valence-corrected chi connectivity index (χ2v) is 8.35. The van der Waals surface area contributed by atoms with Gasteiger partial charge in [-0.05, 0) is 29.8 Å². The minimum absolute atomic E-state index is 0.0257. The first-order chi connectivity index (χ1) is 17.9. The second kappa shape index (κ2) is 11.2. The lowest BCUT2D eigenvalue weighted by Crippen LogP contribution is -2.36. The van der Waals surface area contributed by atoms with Crippen LogP contribution in [0.3, 0.4) is 0 Å². The first-order valence-electron chi connectivity index (χ1n) is 11.7. The molecule has 7 nitrogen and oxygen atoms in total. The van der Waals surface area contributed by atoms with Crippen molar-refractivity contribution in [1.29, 1.82) is 0 Å². The number of fused-ring (bicyclic) bond motifs is 1. The molecule has 8 heteroatoms. The van der Waals surface area contributed by atoms with Gasteiger partial charge in [-0.3, -0.25) is 4.79 Å². The molecule has 0 spiro atoms. The summed E-state index contributed by atoms with van der Waals surface area (Å²) in [5.74, 6) is -1.24. The lowest BCUT2D eigenvalue weighted by molar-refractivity contribution is -0.144. The fourth-order valence-corrected chi connectivity index (χ4v) is 4.02. The normalized spacial score (nSPS) is 16.3. The van der Waals surface area contributed by atoms with E-state index in [1.165, 1.54) is 27.2 Å². The van der Waals surface area contributed by atoms with Crippen molar-refractivity contribution in [3.05, 3.63) is 78.4 Å². The summed E-state index contributed by atoms with van der Waals surface area (Å²) in [5.41, 5.74) is -1.23. The number of allylic oxidation sites excluding steroid dienone is 3. The standard InChI is InChI=1S/C29H27FO7/c1-19(31)36-24-22-13-12-21(35-17-14-20-10-6-4-7-11-20)18-23(22)25(27(34-3)26(24)33-2)37-28(32)29(30)15-8-5-9-16-29/h4-13,15,18H,14,16-17H2,1-3H3. The molecule has 0 aliphatic heterocycles. The minimum Gasteiger partial charge on any atom is -0.493 e. The van der Waals surface area contributed by atoms with Gasteiger partial charge < -0.3 is 23.7 Å². The van der Waals surface area contributed by atoms with Crippen molar-refractivity contribution in [2.75, 3.05) is 20.8 Å². The lowest BCUT2D eigenvalue weighted by Gasteiger charge is -2.23. The van der Waals surface area contributed by atoms with Crippen LogP contribution in [0.25, 0.3) is 10.8 Å². The van der Waals surface area contributed by atoms with Gasteiger partial charge in [-0.15, -0.1) is 0 Å². The van der Waals surface area contributed by atoms with E-state index >= 15 is 4.39 Å². The number of ether oxygens (including phenoxy) is 5. The summed E-state index contributed by atoms with van der Waals surface area (Å²) in [6.45, 7) is 1.64. The number of hydrogen-bond acceptors (Lipinski definition) is 7. The molecule has 0 radical (unpaired) electrons. The SMILES string of the molecule is COc1c(OC)c(OC(=O)C2(F)C=CC=CC2)c2cc(OCCc3ccccc3)ccc2c1OC(C)=O. The molecule has 37 heavy (non-hydrogen) atoms. The third-order valence-corrected chi connectivity index (χ3v) is 5.81. The number of carbonyl (C=O) groups excluding carboxylic acids is 2. The van der Waals surface area contributed by atoms with E-state index in [0.29, 0.717) is 29.5 Å². The third-order valence-electron chi connectivity index (χ3n) is 5.81. The number of halogens is 1. The van der Waals surface area contributed by atoms with Gasteiger partial charge in [0.25, 0.3) is 0 Å². The Kier molecular flexibility index (Phi) is 7.77. The van der Waals surface area contributed by atoms with Crippen molar-refractivity contribution >= 4 is 22.7 Å². The summed E-state index contributed by atoms with van der Waals surface area (Å²) in [7, 11) is 2.70. The molecule has 0 saturated heterocycles. The Morgan fingerprint density at radius 1 is 0.892 bits per heavy atom. The van der Waals surface area contributed by atoms with E-state index in [4.69, 9.17) is 23.7 Å². The highest BCUT2D eigenvalue weighted by Crippen LogP contribution is 2.52. The van der Waals surface area contributed by atoms with Crippen LogP contribution in [0.4, 0.5) is 4.39 Å². The van der Waals surface area contributed by atoms with Crippen molar-refractivity contribution in [3.8, 4) is 28.7 Å². The van der Waals surface area contributed by atoms with Gasteiger partial charge in [-0.2, -0.15) is 0 Å². The van der Waals surface area contributed by atoms with Gasteiger partial charge >= 0.3 is 11.9 Å². The highest BCUT2D eigenvalue weighted by Gasteiger charge is 2.39. The Hall–Kier alpha value is -4.33. The van der Waals surface area contributed by atoms with Crippen LogP contribution in [0, 0.1) is 0 Å². The molecule has 0 fully saturated rings. The van der Waals surface area contributed by atoms with E-state index < -0.39 is 17.6 Å². The van der Waals surface area contributed by atoms with Crippen LogP contribution in [-0.4, -0.2) is 38.4 Å². The van der Waals surface area contributed by atoms with Gasteiger partial charge in [0.15, 0.2) is 11.5 Å². The number of methoxy groups -OCH3 is 2. The zero-order valence-corrected chi connectivity index (χ0v) is 20.8. The Morgan fingerprint density at radius 3 is 2.22 bits per heavy atom. The maximum Gasteiger partial charge on any atom is 0.353 e. The van der Waals surface area contributed by atoms with Crippen LogP contribution in [0.1, 0.15) is 18.9 Å². The molecule has 192 valence electrons. The first kappa shape index (κ1) is 25.8. The van der Waals surface area contributed by atoms with Gasteiger partial charge in [0.1, 0.15) is 5.75 Å². The van der Waals surface area contributed by atoms with Crippen LogP contribution in [-0.2, 0) is 16.0 Å². The molecule has 3 aromatic carbocycles. The third kappa shape index (κ3) is 5.58. The summed E-state index contributed by atoms with van der Waals surface area (Å²) < 4.78 is 43.3. The minimum atomic E-state index is -2.35. The van der Waals surface area contributed by atoms with Crippen molar-refractivity contribution in [1.82, 2.24) is 0 Å². The van der Waals surface area contributed by atoms with Gasteiger partial charge in [0, 0.05) is 30.5 Å². The summed E-state index contributed by atoms with van der Waals surface area (Å²) >= 11 is 0. The maximum absolute atomic E-state index is 15.3. The van der Waals surface area contributed by atoms with E-state index in [0.717, 1.165) is 11.6 Å². The fraction of sp³-hybridized carbons (Fsp3) is 0.241. The van der Waals surface area contributed by atoms with Crippen LogP contribution in [0.2, 0.25) is 0 Å². The fourth-order valence-electron chi connectivity index (χ4n) is 4.02. The number of rotatable bonds is 9. The number of hydrogen-bond donors (Lipinski definition) is 0. The van der Waals surface area contributed by atoms with Gasteiger partial charge in [-0.25, -0.2) is 9.18 Å². The van der Waals surface area contributed by atoms with Gasteiger partial charge in [-0.1, -0.05) is 48.6 Å². The van der Waals surface area contributed by atoms with E-state index in [2.05, 4.69) is 0 Å². The molecule has 0 heterocycles. The van der Waals surface area contributed by atoms with Crippen molar-refractivity contribution in [2.24, 2.45) is 0 Å². The van der Waals surface area contributed by atoms with Gasteiger partial charge in [0.2, 0.25) is 17.2 Å². The molecule has 0 N–H and O–H groups in total. The van der Waals surface area contributed by atoms with Crippen LogP contribution >= 0.6 is 0 Å². The average Bonchev–Trinajstić information content (AvgIpc) is 2.90. The number of carbonyl (C=O) groups is 2. The predicted molar refractivity (Wildman–Crippen MR) is 136 cm³/mol. The predicted octanol–water partition coefficient (Wildman–Crippen LogP) is 5.53. The summed E-state index contributed by atoms with van der Waals surface area (Å²) in [6, 6.07) is 14.8. The molecule has 1 atom stereocenters. The Labute approximate surface area is 214 Å². The first-order valence-corrected chi connectivity index (χ1v) is 11.7. The van der Waals surface area contributed by atoms with E-state index in [9.17, 15) is 9.59 Å². The zero-order chi connectivity index (χ0) is 26.4. The molecular weight excluding hydrogens is 479 g/mol. The van der Waals surface area contributed by atoms with Crippen LogP contribution in [0.5, 0.6) is 28.7 Å². The molecule has 0 bridgehead atoms. The number of esters is 2. The summed E-state index contributed by atoms with van der Waals surface area (Å²) in [6.07, 6.45) is 6.29. The van der Waals surface area contributed by atoms with Crippen LogP contribution in [0.15, 0.2) is 72.8 Å². The molecule has 1 aliphatic carbocycles. The zero-order valence-electron chi connectivity index (χ0n) is 20.8. The number of benzene rings is 3. The van der Waals surface area contributed by atoms with Gasteiger partial charge in [0.05, 0.1) is 20.8 Å². The van der Waals surface area contributed by atoms with Crippen molar-refractivity contribution in [3.63, 3.8) is 0 Å². The summed E-state index contributed by atoms with van der Waals surface area (Å²) in [4.78, 5) is 24.9. The van der Waals surface area contributed by atoms with E-state index in [-0.39, 0.29) is 29.4 Å². The molecule has 0 saturated carbocycles. The molecule has 0 aromatic heterocycles. The van der Waals surface area contributed by atoms with Crippen molar-refractivity contribution in [2.45, 2.75) is 25.4 Å². The van der Waals surface area contributed by atoms with E-state index in [1.807, 2.05) is 30.3 Å². The lowest BCUT2D eigenvalue weighted by atomic mass is 9.97. The molecule has 1 aliphatic rings. The van der Waals surface area contributed by atoms with Crippen molar-refractivity contribution < 1.29 is 37.7 Å². The maximum atomic E-state index is 15.3.